The Morgan fingerprint density at radius 2 is 2.04 bits per heavy atom. The molecule has 0 saturated carbocycles. The first kappa shape index (κ1) is 18.8. The molecule has 11 heteroatoms. The SMILES string of the molecule is CCn1c(SC(C)C(=O)NCC(F)(F)F)nnc1N1CCOCC1. The summed E-state index contributed by atoms with van der Waals surface area (Å²) in [6, 6.07) is 0. The van der Waals surface area contributed by atoms with Gasteiger partial charge in [-0.15, -0.1) is 10.2 Å². The second-order valence-corrected chi connectivity index (χ2v) is 6.53. The third-order valence-corrected chi connectivity index (χ3v) is 4.50. The normalized spacial score (nSPS) is 17.0. The molecule has 7 nitrogen and oxygen atoms in total. The average Bonchev–Trinajstić information content (AvgIpc) is 2.95. The van der Waals surface area contributed by atoms with Gasteiger partial charge in [-0.1, -0.05) is 11.8 Å². The lowest BCUT2D eigenvalue weighted by Gasteiger charge is -2.27. The largest absolute Gasteiger partial charge is 0.405 e. The van der Waals surface area contributed by atoms with Crippen LogP contribution in [0.2, 0.25) is 0 Å². The summed E-state index contributed by atoms with van der Waals surface area (Å²) >= 11 is 1.09. The number of nitrogens with zero attached hydrogens (tertiary/aromatic N) is 4. The fraction of sp³-hybridized carbons (Fsp3) is 0.769. The first-order valence-electron chi connectivity index (χ1n) is 7.59. The van der Waals surface area contributed by atoms with Crippen LogP contribution < -0.4 is 10.2 Å². The molecule has 1 atom stereocenters. The summed E-state index contributed by atoms with van der Waals surface area (Å²) in [6.45, 7) is 5.33. The lowest BCUT2D eigenvalue weighted by Crippen LogP contribution is -2.38. The predicted octanol–water partition coefficient (Wildman–Crippen LogP) is 1.29. The number of amides is 1. The fourth-order valence-corrected chi connectivity index (χ4v) is 3.12. The molecule has 1 aliphatic rings. The van der Waals surface area contributed by atoms with Gasteiger partial charge >= 0.3 is 6.18 Å². The first-order chi connectivity index (χ1) is 11.3. The Hall–Kier alpha value is -1.49. The molecule has 0 aromatic carbocycles. The Labute approximate surface area is 141 Å². The summed E-state index contributed by atoms with van der Waals surface area (Å²) in [7, 11) is 0. The summed E-state index contributed by atoms with van der Waals surface area (Å²) in [4.78, 5) is 13.8. The molecule has 1 fully saturated rings. The number of carbonyl (C=O) groups is 1. The van der Waals surface area contributed by atoms with Crippen molar-refractivity contribution in [1.29, 1.82) is 0 Å². The molecule has 1 saturated heterocycles. The van der Waals surface area contributed by atoms with E-state index in [2.05, 4.69) is 10.2 Å². The molecule has 1 aliphatic heterocycles. The van der Waals surface area contributed by atoms with E-state index < -0.39 is 23.9 Å². The number of halogens is 3. The van der Waals surface area contributed by atoms with E-state index in [4.69, 9.17) is 4.74 Å². The van der Waals surface area contributed by atoms with Crippen molar-refractivity contribution in [1.82, 2.24) is 20.1 Å². The zero-order valence-electron chi connectivity index (χ0n) is 13.5. The lowest BCUT2D eigenvalue weighted by atomic mass is 10.4. The van der Waals surface area contributed by atoms with Crippen LogP contribution in [0.15, 0.2) is 5.16 Å². The number of aromatic nitrogens is 3. The zero-order chi connectivity index (χ0) is 17.7. The van der Waals surface area contributed by atoms with Crippen LogP contribution in [0.5, 0.6) is 0 Å². The molecule has 0 aliphatic carbocycles. The number of morpholine rings is 1. The smallest absolute Gasteiger partial charge is 0.378 e. The topological polar surface area (TPSA) is 72.3 Å². The van der Waals surface area contributed by atoms with Crippen LogP contribution in [0.25, 0.3) is 0 Å². The Kier molecular flexibility index (Phi) is 6.33. The molecule has 1 amide bonds. The molecule has 1 unspecified atom stereocenters. The Morgan fingerprint density at radius 3 is 2.62 bits per heavy atom. The number of ether oxygens (including phenoxy) is 1. The minimum Gasteiger partial charge on any atom is -0.378 e. The minimum atomic E-state index is -4.42. The third kappa shape index (κ3) is 5.00. The van der Waals surface area contributed by atoms with Gasteiger partial charge in [-0.25, -0.2) is 0 Å². The van der Waals surface area contributed by atoms with E-state index in [1.165, 1.54) is 0 Å². The number of hydrogen-bond acceptors (Lipinski definition) is 6. The molecule has 24 heavy (non-hydrogen) atoms. The van der Waals surface area contributed by atoms with Crippen LogP contribution in [0, 0.1) is 0 Å². The maximum Gasteiger partial charge on any atom is 0.405 e. The molecule has 0 radical (unpaired) electrons. The van der Waals surface area contributed by atoms with E-state index in [-0.39, 0.29) is 0 Å². The molecule has 1 N–H and O–H groups in total. The number of rotatable bonds is 6. The van der Waals surface area contributed by atoms with Crippen LogP contribution in [-0.4, -0.2) is 64.9 Å². The number of thioether (sulfide) groups is 1. The van der Waals surface area contributed by atoms with Gasteiger partial charge in [-0.3, -0.25) is 9.36 Å². The first-order valence-corrected chi connectivity index (χ1v) is 8.46. The van der Waals surface area contributed by atoms with E-state index in [1.54, 1.807) is 6.92 Å². The van der Waals surface area contributed by atoms with E-state index in [0.717, 1.165) is 11.8 Å². The fourth-order valence-electron chi connectivity index (χ4n) is 2.18. The van der Waals surface area contributed by atoms with Crippen LogP contribution in [-0.2, 0) is 16.1 Å². The van der Waals surface area contributed by atoms with Gasteiger partial charge in [0.05, 0.1) is 18.5 Å². The van der Waals surface area contributed by atoms with Crippen molar-refractivity contribution in [2.75, 3.05) is 37.7 Å². The molecule has 136 valence electrons. The van der Waals surface area contributed by atoms with E-state index in [9.17, 15) is 18.0 Å². The summed E-state index contributed by atoms with van der Waals surface area (Å²) in [5, 5.41) is 9.92. The van der Waals surface area contributed by atoms with Crippen molar-refractivity contribution in [2.45, 2.75) is 37.0 Å². The van der Waals surface area contributed by atoms with Crippen molar-refractivity contribution >= 4 is 23.6 Å². The van der Waals surface area contributed by atoms with Crippen LogP contribution in [0.1, 0.15) is 13.8 Å². The number of nitrogens with one attached hydrogen (secondary N) is 1. The Morgan fingerprint density at radius 1 is 1.38 bits per heavy atom. The van der Waals surface area contributed by atoms with Crippen LogP contribution in [0.3, 0.4) is 0 Å². The number of hydrogen-bond donors (Lipinski definition) is 1. The maximum absolute atomic E-state index is 12.2. The number of carbonyl (C=O) groups excluding carboxylic acids is 1. The standard InChI is InChI=1S/C13H20F3N5O2S/c1-3-21-11(20-4-6-23-7-5-20)18-19-12(21)24-9(2)10(22)17-8-13(14,15)16/h9H,3-8H2,1-2H3,(H,17,22). The van der Waals surface area contributed by atoms with Crippen molar-refractivity contribution in [3.05, 3.63) is 0 Å². The molecule has 2 heterocycles. The van der Waals surface area contributed by atoms with E-state index in [1.807, 2.05) is 21.7 Å². The Balaban J connectivity index is 2.01. The van der Waals surface area contributed by atoms with Gasteiger partial charge in [-0.2, -0.15) is 13.2 Å². The van der Waals surface area contributed by atoms with Gasteiger partial charge < -0.3 is 15.0 Å². The second-order valence-electron chi connectivity index (χ2n) is 5.22. The molecule has 1 aromatic rings. The summed E-state index contributed by atoms with van der Waals surface area (Å²) in [5.74, 6) is 0.00194. The van der Waals surface area contributed by atoms with Gasteiger partial charge in [0.25, 0.3) is 0 Å². The van der Waals surface area contributed by atoms with Gasteiger partial charge in [0.2, 0.25) is 11.9 Å². The molecular weight excluding hydrogens is 347 g/mol. The monoisotopic (exact) mass is 367 g/mol. The second kappa shape index (κ2) is 8.06. The van der Waals surface area contributed by atoms with Gasteiger partial charge in [0.15, 0.2) is 5.16 Å². The van der Waals surface area contributed by atoms with Gasteiger partial charge in [0.1, 0.15) is 6.54 Å². The van der Waals surface area contributed by atoms with Gasteiger partial charge in [0, 0.05) is 19.6 Å². The minimum absolute atomic E-state index is 0.508. The third-order valence-electron chi connectivity index (χ3n) is 3.42. The van der Waals surface area contributed by atoms with Crippen molar-refractivity contribution < 1.29 is 22.7 Å². The highest BCUT2D eigenvalue weighted by Crippen LogP contribution is 2.26. The number of anilines is 1. The van der Waals surface area contributed by atoms with Crippen molar-refractivity contribution in [3.63, 3.8) is 0 Å². The highest BCUT2D eigenvalue weighted by atomic mass is 32.2. The highest BCUT2D eigenvalue weighted by Gasteiger charge is 2.29. The van der Waals surface area contributed by atoms with Crippen molar-refractivity contribution in [2.24, 2.45) is 0 Å². The predicted molar refractivity (Wildman–Crippen MR) is 83.1 cm³/mol. The average molecular weight is 367 g/mol. The summed E-state index contributed by atoms with van der Waals surface area (Å²) < 4.78 is 43.7. The molecule has 1 aromatic heterocycles. The van der Waals surface area contributed by atoms with Crippen LogP contribution in [0.4, 0.5) is 19.1 Å². The van der Waals surface area contributed by atoms with Crippen LogP contribution >= 0.6 is 11.8 Å². The molecule has 0 bridgehead atoms. The molecule has 0 spiro atoms. The van der Waals surface area contributed by atoms with Crippen molar-refractivity contribution in [3.8, 4) is 0 Å². The van der Waals surface area contributed by atoms with E-state index >= 15 is 0 Å². The Bertz CT molecular complexity index is 560. The highest BCUT2D eigenvalue weighted by molar-refractivity contribution is 8.00. The van der Waals surface area contributed by atoms with Gasteiger partial charge in [-0.05, 0) is 13.8 Å². The molecule has 2 rings (SSSR count). The number of alkyl halides is 3. The zero-order valence-corrected chi connectivity index (χ0v) is 14.3. The molecular formula is C13H20F3N5O2S. The lowest BCUT2D eigenvalue weighted by molar-refractivity contribution is -0.137. The summed E-state index contributed by atoms with van der Waals surface area (Å²) in [6.07, 6.45) is -4.42. The summed E-state index contributed by atoms with van der Waals surface area (Å²) in [5.41, 5.74) is 0. The van der Waals surface area contributed by atoms with E-state index in [0.29, 0.717) is 44.0 Å². The quantitative estimate of drug-likeness (QED) is 0.764. The maximum atomic E-state index is 12.2.